The first-order valence-electron chi connectivity index (χ1n) is 8.67. The molecule has 2 aromatic heterocycles. The van der Waals surface area contributed by atoms with Crippen LogP contribution in [0.15, 0.2) is 48.7 Å². The van der Waals surface area contributed by atoms with Crippen LogP contribution in [-0.4, -0.2) is 32.7 Å². The SMILES string of the molecule is CC(=O)c1cc(N[C@@H](C)C(N)=O)nc(-c2ccc(Oc3ccc(F)cc3)nc2)n1. The molecule has 3 aromatic rings. The van der Waals surface area contributed by atoms with Gasteiger partial charge in [-0.3, -0.25) is 9.59 Å². The lowest BCUT2D eigenvalue weighted by atomic mass is 10.2. The van der Waals surface area contributed by atoms with Crippen molar-refractivity contribution >= 4 is 17.5 Å². The van der Waals surface area contributed by atoms with Crippen molar-refractivity contribution in [3.05, 3.63) is 60.2 Å². The smallest absolute Gasteiger partial charge is 0.239 e. The number of amides is 1. The number of halogens is 1. The molecule has 1 amide bonds. The molecule has 1 atom stereocenters. The van der Waals surface area contributed by atoms with E-state index in [9.17, 15) is 14.0 Å². The van der Waals surface area contributed by atoms with Crippen molar-refractivity contribution in [3.63, 3.8) is 0 Å². The Morgan fingerprint density at radius 3 is 2.45 bits per heavy atom. The summed E-state index contributed by atoms with van der Waals surface area (Å²) < 4.78 is 18.5. The van der Waals surface area contributed by atoms with Crippen LogP contribution in [0.4, 0.5) is 10.2 Å². The average molecular weight is 395 g/mol. The maximum atomic E-state index is 13.0. The summed E-state index contributed by atoms with van der Waals surface area (Å²) in [5.74, 6) is 0.0948. The predicted octanol–water partition coefficient (Wildman–Crippen LogP) is 2.96. The van der Waals surface area contributed by atoms with E-state index in [0.29, 0.717) is 17.2 Å². The highest BCUT2D eigenvalue weighted by Crippen LogP contribution is 2.23. The molecule has 0 bridgehead atoms. The number of carbonyl (C=O) groups excluding carboxylic acids is 2. The van der Waals surface area contributed by atoms with Crippen LogP contribution in [0.5, 0.6) is 11.6 Å². The van der Waals surface area contributed by atoms with Crippen LogP contribution in [0, 0.1) is 5.82 Å². The Labute approximate surface area is 166 Å². The lowest BCUT2D eigenvalue weighted by molar-refractivity contribution is -0.118. The number of rotatable bonds is 7. The van der Waals surface area contributed by atoms with Gasteiger partial charge in [0, 0.05) is 30.8 Å². The van der Waals surface area contributed by atoms with Gasteiger partial charge < -0.3 is 15.8 Å². The Morgan fingerprint density at radius 1 is 1.14 bits per heavy atom. The third kappa shape index (κ3) is 5.10. The maximum absolute atomic E-state index is 13.0. The number of pyridine rings is 1. The minimum Gasteiger partial charge on any atom is -0.439 e. The molecule has 3 rings (SSSR count). The molecule has 1 aromatic carbocycles. The topological polar surface area (TPSA) is 120 Å². The molecule has 0 aliphatic heterocycles. The molecule has 148 valence electrons. The zero-order chi connectivity index (χ0) is 21.0. The van der Waals surface area contributed by atoms with E-state index >= 15 is 0 Å². The molecule has 8 nitrogen and oxygen atoms in total. The van der Waals surface area contributed by atoms with E-state index in [0.717, 1.165) is 0 Å². The van der Waals surface area contributed by atoms with E-state index in [4.69, 9.17) is 10.5 Å². The number of nitrogens with two attached hydrogens (primary N) is 1. The molecule has 9 heteroatoms. The van der Waals surface area contributed by atoms with Crippen LogP contribution in [-0.2, 0) is 4.79 Å². The first kappa shape index (κ1) is 19.9. The van der Waals surface area contributed by atoms with Crippen LogP contribution < -0.4 is 15.8 Å². The number of aromatic nitrogens is 3. The number of benzene rings is 1. The lowest BCUT2D eigenvalue weighted by Gasteiger charge is -2.13. The number of anilines is 1. The van der Waals surface area contributed by atoms with E-state index in [1.165, 1.54) is 43.5 Å². The van der Waals surface area contributed by atoms with Crippen molar-refractivity contribution in [2.45, 2.75) is 19.9 Å². The molecular weight excluding hydrogens is 377 g/mol. The van der Waals surface area contributed by atoms with Gasteiger partial charge in [0.2, 0.25) is 11.8 Å². The highest BCUT2D eigenvalue weighted by atomic mass is 19.1. The van der Waals surface area contributed by atoms with E-state index in [-0.39, 0.29) is 28.9 Å². The number of carbonyl (C=O) groups is 2. The Kier molecular flexibility index (Phi) is 5.77. The molecule has 3 N–H and O–H groups in total. The van der Waals surface area contributed by atoms with E-state index < -0.39 is 11.9 Å². The molecule has 0 aliphatic carbocycles. The fourth-order valence-corrected chi connectivity index (χ4v) is 2.32. The Balaban J connectivity index is 1.86. The van der Waals surface area contributed by atoms with Crippen LogP contribution in [0.1, 0.15) is 24.3 Å². The molecule has 0 aliphatic rings. The number of ketones is 1. The molecule has 0 spiro atoms. The van der Waals surface area contributed by atoms with Crippen LogP contribution in [0.2, 0.25) is 0 Å². The fraction of sp³-hybridized carbons (Fsp3) is 0.150. The first-order chi connectivity index (χ1) is 13.8. The second-order valence-corrected chi connectivity index (χ2v) is 6.23. The second kappa shape index (κ2) is 8.42. The number of ether oxygens (including phenoxy) is 1. The zero-order valence-corrected chi connectivity index (χ0v) is 15.7. The Bertz CT molecular complexity index is 1040. The van der Waals surface area contributed by atoms with Gasteiger partial charge in [0.1, 0.15) is 29.1 Å². The highest BCUT2D eigenvalue weighted by molar-refractivity contribution is 5.93. The monoisotopic (exact) mass is 395 g/mol. The molecule has 0 saturated carbocycles. The molecule has 2 heterocycles. The number of hydrogen-bond donors (Lipinski definition) is 2. The quantitative estimate of drug-likeness (QED) is 0.590. The van der Waals surface area contributed by atoms with E-state index in [2.05, 4.69) is 20.3 Å². The Morgan fingerprint density at radius 2 is 1.86 bits per heavy atom. The number of nitrogens with zero attached hydrogens (tertiary/aromatic N) is 3. The minimum atomic E-state index is -0.679. The van der Waals surface area contributed by atoms with Crippen molar-refractivity contribution < 1.29 is 18.7 Å². The predicted molar refractivity (Wildman–Crippen MR) is 104 cm³/mol. The highest BCUT2D eigenvalue weighted by Gasteiger charge is 2.14. The number of primary amides is 1. The second-order valence-electron chi connectivity index (χ2n) is 6.23. The molecule has 29 heavy (non-hydrogen) atoms. The summed E-state index contributed by atoms with van der Waals surface area (Å²) in [7, 11) is 0. The van der Waals surface area contributed by atoms with Crippen LogP contribution in [0.25, 0.3) is 11.4 Å². The van der Waals surface area contributed by atoms with Crippen molar-refractivity contribution in [2.75, 3.05) is 5.32 Å². The van der Waals surface area contributed by atoms with E-state index in [1.54, 1.807) is 19.1 Å². The van der Waals surface area contributed by atoms with Crippen molar-refractivity contribution in [3.8, 4) is 23.0 Å². The van der Waals surface area contributed by atoms with Crippen molar-refractivity contribution in [1.29, 1.82) is 0 Å². The van der Waals surface area contributed by atoms with E-state index in [1.807, 2.05) is 0 Å². The summed E-state index contributed by atoms with van der Waals surface area (Å²) >= 11 is 0. The van der Waals surface area contributed by atoms with Gasteiger partial charge in [-0.2, -0.15) is 0 Å². The zero-order valence-electron chi connectivity index (χ0n) is 15.7. The average Bonchev–Trinajstić information content (AvgIpc) is 2.70. The number of hydrogen-bond acceptors (Lipinski definition) is 7. The normalized spacial score (nSPS) is 11.6. The molecule has 0 radical (unpaired) electrons. The molecule has 0 saturated heterocycles. The standard InChI is InChI=1S/C20H18FN5O3/c1-11(19(22)28)24-17-9-16(12(2)27)25-20(26-17)13-3-8-18(23-10-13)29-15-6-4-14(21)5-7-15/h3-11H,1-2H3,(H2,22,28)(H,24,25,26)/t11-/m0/s1. The maximum Gasteiger partial charge on any atom is 0.239 e. The number of Topliss-reactive ketones (excluding diaryl/α,β-unsaturated/α-hetero) is 1. The van der Waals surface area contributed by atoms with Gasteiger partial charge in [-0.25, -0.2) is 19.3 Å². The van der Waals surface area contributed by atoms with Gasteiger partial charge in [0.05, 0.1) is 0 Å². The third-order valence-electron chi connectivity index (χ3n) is 3.91. The van der Waals surface area contributed by atoms with Gasteiger partial charge in [-0.1, -0.05) is 0 Å². The van der Waals surface area contributed by atoms with Gasteiger partial charge in [0.25, 0.3) is 0 Å². The molecule has 0 fully saturated rings. The first-order valence-corrected chi connectivity index (χ1v) is 8.67. The van der Waals surface area contributed by atoms with Gasteiger partial charge in [0.15, 0.2) is 11.6 Å². The Hall–Kier alpha value is -3.88. The summed E-state index contributed by atoms with van der Waals surface area (Å²) in [5.41, 5.74) is 5.98. The summed E-state index contributed by atoms with van der Waals surface area (Å²) in [5, 5.41) is 2.84. The summed E-state index contributed by atoms with van der Waals surface area (Å²) in [6, 6.07) is 9.59. The summed E-state index contributed by atoms with van der Waals surface area (Å²) in [6.07, 6.45) is 1.49. The third-order valence-corrected chi connectivity index (χ3v) is 3.91. The summed E-state index contributed by atoms with van der Waals surface area (Å²) in [6.45, 7) is 2.96. The van der Waals surface area contributed by atoms with Gasteiger partial charge in [-0.05, 0) is 37.3 Å². The molecule has 0 unspecified atom stereocenters. The lowest BCUT2D eigenvalue weighted by Crippen LogP contribution is -2.32. The van der Waals surface area contributed by atoms with Crippen LogP contribution >= 0.6 is 0 Å². The molecular formula is C20H18FN5O3. The fourth-order valence-electron chi connectivity index (χ4n) is 2.32. The minimum absolute atomic E-state index is 0.181. The van der Waals surface area contributed by atoms with Gasteiger partial charge in [-0.15, -0.1) is 0 Å². The van der Waals surface area contributed by atoms with Gasteiger partial charge >= 0.3 is 0 Å². The van der Waals surface area contributed by atoms with Crippen molar-refractivity contribution in [2.24, 2.45) is 5.73 Å². The van der Waals surface area contributed by atoms with Crippen LogP contribution in [0.3, 0.4) is 0 Å². The summed E-state index contributed by atoms with van der Waals surface area (Å²) in [4.78, 5) is 35.9. The number of nitrogens with one attached hydrogen (secondary N) is 1. The largest absolute Gasteiger partial charge is 0.439 e. The van der Waals surface area contributed by atoms with Crippen molar-refractivity contribution in [1.82, 2.24) is 15.0 Å².